The summed E-state index contributed by atoms with van der Waals surface area (Å²) in [5.74, 6) is -16.9. The number of Topliss-reactive ketones (excluding diaryl/α,β-unsaturated/α-hetero) is 6. The molecular formula is C106H142BrF9N14O18S. The van der Waals surface area contributed by atoms with Crippen molar-refractivity contribution in [2.45, 2.75) is 255 Å². The fourth-order valence-corrected chi connectivity index (χ4v) is 17.1. The van der Waals surface area contributed by atoms with Crippen LogP contribution in [-0.2, 0) is 59.5 Å². The van der Waals surface area contributed by atoms with E-state index in [0.29, 0.717) is 133 Å². The summed E-state index contributed by atoms with van der Waals surface area (Å²) in [5.41, 5.74) is 33.5. The minimum absolute atomic E-state index is 0.0160. The number of aromatic nitrogens is 2. The zero-order valence-corrected chi connectivity index (χ0v) is 86.8. The van der Waals surface area contributed by atoms with Crippen LogP contribution in [0.5, 0.6) is 17.2 Å². The van der Waals surface area contributed by atoms with E-state index >= 15 is 0 Å². The molecule has 0 radical (unpaired) electrons. The molecule has 2 heterocycles. The van der Waals surface area contributed by atoms with Crippen LogP contribution in [0.3, 0.4) is 0 Å². The van der Waals surface area contributed by atoms with Gasteiger partial charge in [0.25, 0.3) is 23.3 Å². The number of unbranched alkanes of at least 4 members (excludes halogenated alkanes) is 6. The van der Waals surface area contributed by atoms with Gasteiger partial charge in [-0.05, 0) is 307 Å². The van der Waals surface area contributed by atoms with E-state index in [1.165, 1.54) is 54.1 Å². The van der Waals surface area contributed by atoms with Gasteiger partial charge in [0.15, 0.2) is 90.9 Å². The largest absolute Gasteiger partial charge is 0.480 e. The molecular weight excluding hydrogens is 2040 g/mol. The van der Waals surface area contributed by atoms with Crippen molar-refractivity contribution >= 4 is 95.9 Å². The lowest BCUT2D eigenvalue weighted by molar-refractivity contribution is -0.142. The Morgan fingerprint density at radius 1 is 0.409 bits per heavy atom. The number of alkyl halides is 2. The maximum absolute atomic E-state index is 14.0. The number of nitrogens with two attached hydrogens (primary N) is 6. The number of nitrogens with one attached hydrogen (secondary N) is 6. The number of nitrogens with zero attached hydrogens (tertiary/aromatic N) is 2. The van der Waals surface area contributed by atoms with Crippen LogP contribution in [0.4, 0.5) is 39.5 Å². The molecule has 0 aliphatic heterocycles. The van der Waals surface area contributed by atoms with Gasteiger partial charge in [-0.1, -0.05) is 81.0 Å². The first-order chi connectivity index (χ1) is 71.1. The van der Waals surface area contributed by atoms with Crippen molar-refractivity contribution in [2.75, 3.05) is 71.1 Å². The van der Waals surface area contributed by atoms with Crippen LogP contribution in [0.15, 0.2) is 155 Å². The number of ether oxygens (including phenoxy) is 3. The minimum atomic E-state index is -3.47. The molecule has 0 saturated heterocycles. The number of sulfone groups is 1. The lowest BCUT2D eigenvalue weighted by Crippen LogP contribution is -2.47. The maximum Gasteiger partial charge on any atom is 0.304 e. The second-order valence-electron chi connectivity index (χ2n) is 36.4. The topological polar surface area (TPSA) is 530 Å². The highest BCUT2D eigenvalue weighted by Gasteiger charge is 2.40. The lowest BCUT2D eigenvalue weighted by atomic mass is 10.0. The number of ketones is 6. The first-order valence-corrected chi connectivity index (χ1v) is 53.0. The summed E-state index contributed by atoms with van der Waals surface area (Å²) < 4.78 is 161. The Morgan fingerprint density at radius 2 is 0.752 bits per heavy atom. The maximum atomic E-state index is 14.0. The van der Waals surface area contributed by atoms with Gasteiger partial charge in [0.2, 0.25) is 23.5 Å². The van der Waals surface area contributed by atoms with Crippen molar-refractivity contribution in [1.29, 1.82) is 0 Å². The Bertz CT molecular complexity index is 5530. The van der Waals surface area contributed by atoms with Crippen molar-refractivity contribution in [3.63, 3.8) is 0 Å². The smallest absolute Gasteiger partial charge is 0.304 e. The van der Waals surface area contributed by atoms with Crippen LogP contribution in [-0.4, -0.2) is 201 Å². The van der Waals surface area contributed by atoms with E-state index in [-0.39, 0.29) is 82.9 Å². The summed E-state index contributed by atoms with van der Waals surface area (Å²) >= 11 is 3.18. The van der Waals surface area contributed by atoms with Crippen molar-refractivity contribution in [3.8, 4) is 17.2 Å². The molecule has 1 unspecified atom stereocenters. The third kappa shape index (κ3) is 47.8. The summed E-state index contributed by atoms with van der Waals surface area (Å²) in [5, 5.41) is 16.0. The standard InChI is InChI=1S/C20H21F3N2O3.C20H28F2N2O3.C19H20BrF2N3O3.C18H27N3O3.C15H20F2N2O2.C14H26N2O4S/c21-14-9-7-13(8-10-14)20(27)25-17(6-1-2-11-24)18(26)12-28-19-15(22)4-3-5-16(19)23;1-13-9-10-15(21)19(18(13)22)27-12-17(25)16(8-4-5-11-23)24-20(26)14-6-2-3-7-14;20-18-12(5-4-10-24-18)19(27)25-15(8-1-2-9-23)16(26)11-28-17-13(21)6-3-7-14(17)22;19-11-5-3-9-15(20-18(24)14-7-1-2-8-14)16(22)13-21-12-6-4-10-17(21)23;1-15(16,17)13(20)12(9-5-6-10-18)19-14(21)11-7-3-2-4-8-11;1-21(19,20)10-13(17)12(8-4-5-9-15)16-14(18)11-6-2-3-7-11/h3-5,7-10,17H,1-2,6,11-12,24H2,(H,25,27);9-10,14,16H,2-8,11-12,23H2,1H3,(H,24,26);3-7,10,15H,1-2,8-9,11,23H2,(H,25,27);4,6,10,12,14-15H,1-3,5,7-9,11,13,19H2,(H,20,24);2-4,7-8,12H,5-6,9-10,18H2,1H3,(H,19,21);11-12H,2-10,15H2,1H3,(H,16,18)/t17-;16-;2*15-;;12-/m0100.0/s1. The Balaban J connectivity index is 0.000000315. The molecule has 0 bridgehead atoms. The molecule has 0 spiro atoms. The van der Waals surface area contributed by atoms with Gasteiger partial charge in [0.05, 0.1) is 48.4 Å². The third-order valence-corrected chi connectivity index (χ3v) is 25.8. The van der Waals surface area contributed by atoms with Gasteiger partial charge in [-0.15, -0.1) is 0 Å². The number of para-hydroxylation sites is 2. The molecule has 5 aromatic carbocycles. The number of carbonyl (C=O) groups is 12. The molecule has 3 aliphatic rings. The van der Waals surface area contributed by atoms with Gasteiger partial charge in [-0.3, -0.25) is 62.3 Å². The molecule has 6 atom stereocenters. The Kier molecular flexibility index (Phi) is 59.4. The van der Waals surface area contributed by atoms with Gasteiger partial charge >= 0.3 is 5.92 Å². The monoisotopic (exact) mass is 2180 g/mol. The van der Waals surface area contributed by atoms with E-state index in [4.69, 9.17) is 48.6 Å². The quantitative estimate of drug-likeness (QED) is 0.00957. The number of halogens is 10. The second kappa shape index (κ2) is 69.4. The van der Waals surface area contributed by atoms with E-state index in [1.807, 2.05) is 0 Å². The average Bonchev–Trinajstić information content (AvgIpc) is 0.930. The highest BCUT2D eigenvalue weighted by atomic mass is 79.9. The molecule has 7 aromatic rings. The number of amides is 6. The van der Waals surface area contributed by atoms with Gasteiger partial charge < -0.3 is 85.1 Å². The number of hydrogen-bond donors (Lipinski definition) is 12. The summed E-state index contributed by atoms with van der Waals surface area (Å²) in [4.78, 5) is 163. The van der Waals surface area contributed by atoms with Gasteiger partial charge in [-0.2, -0.15) is 8.78 Å². The summed E-state index contributed by atoms with van der Waals surface area (Å²) in [7, 11) is -3.38. The van der Waals surface area contributed by atoms with Crippen LogP contribution in [0.25, 0.3) is 0 Å². The number of hydrogen-bond acceptors (Lipinski definition) is 25. The molecule has 3 saturated carbocycles. The normalized spacial score (nSPS) is 14.1. The minimum Gasteiger partial charge on any atom is -0.480 e. The molecule has 149 heavy (non-hydrogen) atoms. The number of rotatable bonds is 56. The summed E-state index contributed by atoms with van der Waals surface area (Å²) in [6.45, 7) is 3.16. The molecule has 3 fully saturated rings. The molecule has 43 heteroatoms. The predicted octanol–water partition coefficient (Wildman–Crippen LogP) is 12.8. The SMILES string of the molecule is CC(F)(F)C(=O)C(CCCCN)NC(=O)c1ccccc1.CS(=O)(=O)CC(=O)[C@H](CCCCN)NC(=O)C1CCCC1.Cc1ccc(F)c(OCC(=O)[C@@H](CCCCN)NC(=O)C2CCCC2)c1F.NCCCC[C@H](NC(=O)C1CCCC1)C(=O)Cn1ccccc1=O.NCCCC[C@H](NC(=O)c1ccc(F)cc1)C(=O)COc1c(F)cccc1F.NCCCC[C@H](NC(=O)c1cccnc1Br)C(=O)COc1c(F)cccc1F. The van der Waals surface area contributed by atoms with E-state index in [9.17, 15) is 110 Å². The molecule has 820 valence electrons. The predicted molar refractivity (Wildman–Crippen MR) is 549 cm³/mol. The van der Waals surface area contributed by atoms with E-state index in [0.717, 1.165) is 151 Å². The number of aryl methyl sites for hydroxylation is 1. The fraction of sp³-hybridized carbons (Fsp3) is 0.509. The molecule has 2 aromatic heterocycles. The number of benzene rings is 5. The van der Waals surface area contributed by atoms with Gasteiger partial charge in [0, 0.05) is 60.5 Å². The van der Waals surface area contributed by atoms with Crippen molar-refractivity contribution in [1.82, 2.24) is 41.5 Å². The van der Waals surface area contributed by atoms with E-state index < -0.39 is 182 Å². The average molecular weight is 2180 g/mol. The molecule has 32 nitrogen and oxygen atoms in total. The first kappa shape index (κ1) is 127. The second-order valence-corrected chi connectivity index (χ2v) is 39.3. The fourth-order valence-electron chi connectivity index (χ4n) is 16.0. The van der Waals surface area contributed by atoms with E-state index in [2.05, 4.69) is 52.8 Å². The zero-order valence-electron chi connectivity index (χ0n) is 84.4. The van der Waals surface area contributed by atoms with Crippen LogP contribution in [0, 0.1) is 65.4 Å². The van der Waals surface area contributed by atoms with Crippen molar-refractivity contribution < 1.29 is 120 Å². The van der Waals surface area contributed by atoms with Crippen LogP contribution in [0.2, 0.25) is 0 Å². The molecule has 18 N–H and O–H groups in total. The first-order valence-electron chi connectivity index (χ1n) is 50.2. The van der Waals surface area contributed by atoms with Crippen molar-refractivity contribution in [3.05, 3.63) is 224 Å². The Labute approximate surface area is 871 Å². The third-order valence-electron chi connectivity index (χ3n) is 24.3. The van der Waals surface area contributed by atoms with Crippen LogP contribution >= 0.6 is 15.9 Å². The Hall–Kier alpha value is -12.0. The van der Waals surface area contributed by atoms with Crippen LogP contribution < -0.4 is 86.1 Å². The number of carbonyl (C=O) groups excluding carboxylic acids is 12. The van der Waals surface area contributed by atoms with Crippen molar-refractivity contribution in [2.24, 2.45) is 52.2 Å². The number of pyridine rings is 2. The molecule has 6 amide bonds. The summed E-state index contributed by atoms with van der Waals surface area (Å²) in [6, 6.07) is 24.8. The zero-order chi connectivity index (χ0) is 110. The van der Waals surface area contributed by atoms with E-state index in [1.54, 1.807) is 60.8 Å². The van der Waals surface area contributed by atoms with Gasteiger partial charge in [0.1, 0.15) is 36.0 Å². The summed E-state index contributed by atoms with van der Waals surface area (Å²) in [6.07, 6.45) is 25.7. The highest BCUT2D eigenvalue weighted by Crippen LogP contribution is 2.31. The van der Waals surface area contributed by atoms with Gasteiger partial charge in [-0.25, -0.2) is 44.1 Å². The highest BCUT2D eigenvalue weighted by molar-refractivity contribution is 9.10. The molecule has 10 rings (SSSR count). The van der Waals surface area contributed by atoms with Crippen LogP contribution in [0.1, 0.15) is 236 Å². The lowest BCUT2D eigenvalue weighted by Gasteiger charge is -2.20. The Morgan fingerprint density at radius 3 is 1.13 bits per heavy atom. The molecule has 3 aliphatic carbocycles.